The minimum Gasteiger partial charge on any atom is -0.493 e. The van der Waals surface area contributed by atoms with Crippen LogP contribution in [0.3, 0.4) is 0 Å². The van der Waals surface area contributed by atoms with Gasteiger partial charge in [0.15, 0.2) is 11.5 Å². The number of methoxy groups -OCH3 is 1. The fourth-order valence-electron chi connectivity index (χ4n) is 2.94. The molecule has 1 saturated heterocycles. The molecule has 1 unspecified atom stereocenters. The van der Waals surface area contributed by atoms with Crippen LogP contribution in [0.5, 0.6) is 11.5 Å². The average Bonchev–Trinajstić information content (AvgIpc) is 3.05. The number of ether oxygens (including phenoxy) is 2. The van der Waals surface area contributed by atoms with E-state index >= 15 is 0 Å². The first-order chi connectivity index (χ1) is 12.1. The van der Waals surface area contributed by atoms with Crippen LogP contribution in [0.4, 0.5) is 0 Å². The highest BCUT2D eigenvalue weighted by Crippen LogP contribution is 2.29. The SMILES string of the molecule is COc1cc(C(=O)N2CCNCC2C)ccc1OCc1cnn(C)c1. The molecule has 7 heteroatoms. The van der Waals surface area contributed by atoms with Crippen molar-refractivity contribution in [3.63, 3.8) is 0 Å². The second-order valence-corrected chi connectivity index (χ2v) is 6.23. The summed E-state index contributed by atoms with van der Waals surface area (Å²) in [4.78, 5) is 14.7. The first-order valence-corrected chi connectivity index (χ1v) is 8.38. The first kappa shape index (κ1) is 17.3. The molecule has 1 aliphatic heterocycles. The molecule has 1 atom stereocenters. The highest BCUT2D eigenvalue weighted by molar-refractivity contribution is 5.95. The molecule has 1 amide bonds. The Morgan fingerprint density at radius 1 is 1.40 bits per heavy atom. The van der Waals surface area contributed by atoms with E-state index in [9.17, 15) is 4.79 Å². The Bertz CT molecular complexity index is 744. The van der Waals surface area contributed by atoms with Crippen LogP contribution in [-0.2, 0) is 13.7 Å². The molecule has 0 saturated carbocycles. The minimum atomic E-state index is 0.0195. The van der Waals surface area contributed by atoms with Gasteiger partial charge in [0.1, 0.15) is 6.61 Å². The predicted molar refractivity (Wildman–Crippen MR) is 93.9 cm³/mol. The zero-order chi connectivity index (χ0) is 17.8. The molecule has 0 radical (unpaired) electrons. The number of hydrogen-bond donors (Lipinski definition) is 1. The van der Waals surface area contributed by atoms with Crippen molar-refractivity contribution in [3.8, 4) is 11.5 Å². The van der Waals surface area contributed by atoms with Crippen molar-refractivity contribution in [1.29, 1.82) is 0 Å². The van der Waals surface area contributed by atoms with Gasteiger partial charge in [0.2, 0.25) is 0 Å². The Balaban J connectivity index is 1.73. The predicted octanol–water partition coefficient (Wildman–Crippen LogP) is 1.44. The van der Waals surface area contributed by atoms with E-state index in [4.69, 9.17) is 9.47 Å². The van der Waals surface area contributed by atoms with Gasteiger partial charge in [0.05, 0.1) is 13.3 Å². The Morgan fingerprint density at radius 2 is 2.24 bits per heavy atom. The highest BCUT2D eigenvalue weighted by Gasteiger charge is 2.24. The molecule has 1 fully saturated rings. The maximum absolute atomic E-state index is 12.8. The van der Waals surface area contributed by atoms with Crippen LogP contribution in [0.25, 0.3) is 0 Å². The maximum Gasteiger partial charge on any atom is 0.254 e. The molecule has 134 valence electrons. The molecule has 2 heterocycles. The number of nitrogens with zero attached hydrogens (tertiary/aromatic N) is 3. The van der Waals surface area contributed by atoms with Crippen LogP contribution in [0.15, 0.2) is 30.6 Å². The van der Waals surface area contributed by atoms with Gasteiger partial charge in [0, 0.05) is 50.0 Å². The number of aryl methyl sites for hydroxylation is 1. The lowest BCUT2D eigenvalue weighted by Crippen LogP contribution is -2.52. The van der Waals surface area contributed by atoms with Gasteiger partial charge in [0.25, 0.3) is 5.91 Å². The van der Waals surface area contributed by atoms with Crippen molar-refractivity contribution in [3.05, 3.63) is 41.7 Å². The number of aromatic nitrogens is 2. The number of carbonyl (C=O) groups is 1. The summed E-state index contributed by atoms with van der Waals surface area (Å²) < 4.78 is 13.0. The van der Waals surface area contributed by atoms with E-state index in [0.29, 0.717) is 30.2 Å². The fourth-order valence-corrected chi connectivity index (χ4v) is 2.94. The molecular formula is C18H24N4O3. The molecule has 1 aromatic carbocycles. The highest BCUT2D eigenvalue weighted by atomic mass is 16.5. The number of hydrogen-bond acceptors (Lipinski definition) is 5. The summed E-state index contributed by atoms with van der Waals surface area (Å²) in [6, 6.07) is 5.50. The van der Waals surface area contributed by atoms with Gasteiger partial charge in [-0.25, -0.2) is 0 Å². The fraction of sp³-hybridized carbons (Fsp3) is 0.444. The van der Waals surface area contributed by atoms with Crippen LogP contribution >= 0.6 is 0 Å². The van der Waals surface area contributed by atoms with Crippen molar-refractivity contribution in [2.75, 3.05) is 26.7 Å². The largest absolute Gasteiger partial charge is 0.493 e. The lowest BCUT2D eigenvalue weighted by molar-refractivity contribution is 0.0655. The van der Waals surface area contributed by atoms with Gasteiger partial charge < -0.3 is 19.7 Å². The van der Waals surface area contributed by atoms with Crippen molar-refractivity contribution in [2.45, 2.75) is 19.6 Å². The van der Waals surface area contributed by atoms with E-state index in [1.165, 1.54) is 0 Å². The topological polar surface area (TPSA) is 68.6 Å². The summed E-state index contributed by atoms with van der Waals surface area (Å²) in [5.74, 6) is 1.18. The summed E-state index contributed by atoms with van der Waals surface area (Å²) in [5.41, 5.74) is 1.58. The van der Waals surface area contributed by atoms with Crippen LogP contribution in [0.2, 0.25) is 0 Å². The third-order valence-corrected chi connectivity index (χ3v) is 4.33. The van der Waals surface area contributed by atoms with E-state index in [0.717, 1.165) is 18.7 Å². The van der Waals surface area contributed by atoms with Crippen LogP contribution in [0, 0.1) is 0 Å². The van der Waals surface area contributed by atoms with E-state index in [1.54, 1.807) is 36.2 Å². The van der Waals surface area contributed by atoms with Gasteiger partial charge in [-0.3, -0.25) is 9.48 Å². The molecule has 2 aromatic rings. The van der Waals surface area contributed by atoms with Gasteiger partial charge in [-0.05, 0) is 25.1 Å². The zero-order valence-corrected chi connectivity index (χ0v) is 14.9. The molecule has 1 aliphatic rings. The summed E-state index contributed by atoms with van der Waals surface area (Å²) >= 11 is 0. The number of amides is 1. The molecule has 0 bridgehead atoms. The second kappa shape index (κ2) is 7.57. The summed E-state index contributed by atoms with van der Waals surface area (Å²) in [5, 5.41) is 7.41. The van der Waals surface area contributed by atoms with E-state index in [1.807, 2.05) is 25.1 Å². The Kier molecular flexibility index (Phi) is 5.23. The Morgan fingerprint density at radius 3 is 2.92 bits per heavy atom. The number of nitrogens with one attached hydrogen (secondary N) is 1. The standard InChI is InChI=1S/C18H24N4O3/c1-13-9-19-6-7-22(13)18(23)15-4-5-16(17(8-15)24-3)25-12-14-10-20-21(2)11-14/h4-5,8,10-11,13,19H,6-7,9,12H2,1-3H3. The normalized spacial score (nSPS) is 17.4. The average molecular weight is 344 g/mol. The Hall–Kier alpha value is -2.54. The Labute approximate surface area is 147 Å². The van der Waals surface area contributed by atoms with Gasteiger partial charge in [-0.15, -0.1) is 0 Å². The first-order valence-electron chi connectivity index (χ1n) is 8.38. The van der Waals surface area contributed by atoms with Gasteiger partial charge >= 0.3 is 0 Å². The lowest BCUT2D eigenvalue weighted by atomic mass is 10.1. The van der Waals surface area contributed by atoms with Crippen molar-refractivity contribution in [2.24, 2.45) is 7.05 Å². The summed E-state index contributed by atoms with van der Waals surface area (Å²) in [6.45, 7) is 4.79. The molecule has 0 aliphatic carbocycles. The number of piperazine rings is 1. The molecule has 25 heavy (non-hydrogen) atoms. The maximum atomic E-state index is 12.8. The van der Waals surface area contributed by atoms with Crippen molar-refractivity contribution in [1.82, 2.24) is 20.0 Å². The van der Waals surface area contributed by atoms with E-state index in [2.05, 4.69) is 10.4 Å². The van der Waals surface area contributed by atoms with Crippen molar-refractivity contribution < 1.29 is 14.3 Å². The molecule has 0 spiro atoms. The monoisotopic (exact) mass is 344 g/mol. The molecule has 3 rings (SSSR count). The molecule has 1 aromatic heterocycles. The number of benzene rings is 1. The minimum absolute atomic E-state index is 0.0195. The van der Waals surface area contributed by atoms with E-state index < -0.39 is 0 Å². The summed E-state index contributed by atoms with van der Waals surface area (Å²) in [7, 11) is 3.44. The molecule has 1 N–H and O–H groups in total. The molecular weight excluding hydrogens is 320 g/mol. The van der Waals surface area contributed by atoms with Crippen LogP contribution < -0.4 is 14.8 Å². The third-order valence-electron chi connectivity index (χ3n) is 4.33. The smallest absolute Gasteiger partial charge is 0.254 e. The van der Waals surface area contributed by atoms with Crippen LogP contribution in [0.1, 0.15) is 22.8 Å². The second-order valence-electron chi connectivity index (χ2n) is 6.23. The quantitative estimate of drug-likeness (QED) is 0.889. The van der Waals surface area contributed by atoms with E-state index in [-0.39, 0.29) is 11.9 Å². The number of rotatable bonds is 5. The number of carbonyl (C=O) groups excluding carboxylic acids is 1. The zero-order valence-electron chi connectivity index (χ0n) is 14.9. The van der Waals surface area contributed by atoms with Gasteiger partial charge in [-0.1, -0.05) is 0 Å². The third kappa shape index (κ3) is 3.93. The van der Waals surface area contributed by atoms with Gasteiger partial charge in [-0.2, -0.15) is 5.10 Å². The molecule has 7 nitrogen and oxygen atoms in total. The summed E-state index contributed by atoms with van der Waals surface area (Å²) in [6.07, 6.45) is 3.66. The lowest BCUT2D eigenvalue weighted by Gasteiger charge is -2.34. The van der Waals surface area contributed by atoms with Crippen LogP contribution in [-0.4, -0.2) is 53.4 Å². The van der Waals surface area contributed by atoms with Crippen molar-refractivity contribution >= 4 is 5.91 Å².